The lowest BCUT2D eigenvalue weighted by Crippen LogP contribution is -2.49. The van der Waals surface area contributed by atoms with Crippen molar-refractivity contribution in [2.24, 2.45) is 0 Å². The molecule has 2 aromatic rings. The fraction of sp³-hybridized carbons (Fsp3) is 0.450. The number of carbonyl (C=O) groups is 1. The van der Waals surface area contributed by atoms with Crippen LogP contribution in [0.2, 0.25) is 5.02 Å². The number of piperazine rings is 1. The van der Waals surface area contributed by atoms with Crippen LogP contribution in [0.1, 0.15) is 28.9 Å². The summed E-state index contributed by atoms with van der Waals surface area (Å²) < 4.78 is 13.2. The number of halogens is 2. The van der Waals surface area contributed by atoms with Crippen LogP contribution in [0.15, 0.2) is 24.3 Å². The zero-order valence-electron chi connectivity index (χ0n) is 15.9. The van der Waals surface area contributed by atoms with E-state index in [4.69, 9.17) is 16.6 Å². The minimum Gasteiger partial charge on any atom is -0.356 e. The lowest BCUT2D eigenvalue weighted by Gasteiger charge is -2.35. The highest BCUT2D eigenvalue weighted by molar-refractivity contribution is 6.33. The van der Waals surface area contributed by atoms with Crippen molar-refractivity contribution in [3.8, 4) is 0 Å². The smallest absolute Gasteiger partial charge is 0.255 e. The molecule has 0 spiro atoms. The minimum atomic E-state index is -0.447. The molecule has 2 aliphatic heterocycles. The lowest BCUT2D eigenvalue weighted by molar-refractivity contribution is 0.0746. The molecule has 0 bridgehead atoms. The third-order valence-electron chi connectivity index (χ3n) is 5.27. The van der Waals surface area contributed by atoms with Crippen molar-refractivity contribution in [2.45, 2.75) is 19.8 Å². The van der Waals surface area contributed by atoms with E-state index in [9.17, 15) is 9.18 Å². The molecule has 148 valence electrons. The van der Waals surface area contributed by atoms with Crippen molar-refractivity contribution in [3.05, 3.63) is 46.4 Å². The molecule has 0 atom stereocenters. The Morgan fingerprint density at radius 3 is 2.39 bits per heavy atom. The molecule has 0 N–H and O–H groups in total. The zero-order chi connectivity index (χ0) is 19.7. The maximum Gasteiger partial charge on any atom is 0.255 e. The summed E-state index contributed by atoms with van der Waals surface area (Å²) in [5.74, 6) is 1.08. The average Bonchev–Trinajstić information content (AvgIpc) is 3.22. The van der Waals surface area contributed by atoms with Crippen LogP contribution < -0.4 is 9.80 Å². The zero-order valence-corrected chi connectivity index (χ0v) is 16.6. The monoisotopic (exact) mass is 403 g/mol. The molecule has 1 amide bonds. The molecular formula is C20H23ClFN5O. The maximum atomic E-state index is 13.2. The number of rotatable bonds is 3. The van der Waals surface area contributed by atoms with Gasteiger partial charge in [-0.25, -0.2) is 9.37 Å². The Kier molecular flexibility index (Phi) is 5.35. The number of anilines is 2. The first-order valence-corrected chi connectivity index (χ1v) is 9.99. The molecule has 1 aromatic carbocycles. The number of nitrogens with zero attached hydrogens (tertiary/aromatic N) is 5. The summed E-state index contributed by atoms with van der Waals surface area (Å²) in [5, 5.41) is 0.143. The molecule has 8 heteroatoms. The Hall–Kier alpha value is -2.41. The second-order valence-electron chi connectivity index (χ2n) is 7.27. The van der Waals surface area contributed by atoms with E-state index in [1.165, 1.54) is 31.0 Å². The number of hydrogen-bond donors (Lipinski definition) is 0. The topological polar surface area (TPSA) is 52.6 Å². The molecule has 0 radical (unpaired) electrons. The molecule has 0 aliphatic carbocycles. The Bertz CT molecular complexity index is 879. The standard InChI is InChI=1S/C20H23ClFN5O/c1-14-12-18(25-6-2-3-7-25)24-20(23-14)27-10-8-26(9-11-27)19(28)16-5-4-15(22)13-17(16)21/h4-5,12-13H,2-3,6-11H2,1H3. The molecule has 3 heterocycles. The van der Waals surface area contributed by atoms with E-state index in [1.807, 2.05) is 13.0 Å². The average molecular weight is 404 g/mol. The van der Waals surface area contributed by atoms with Crippen LogP contribution in [-0.2, 0) is 0 Å². The van der Waals surface area contributed by atoms with Gasteiger partial charge in [0.25, 0.3) is 5.91 Å². The van der Waals surface area contributed by atoms with Gasteiger partial charge in [-0.3, -0.25) is 4.79 Å². The van der Waals surface area contributed by atoms with Crippen molar-refractivity contribution in [2.75, 3.05) is 49.1 Å². The van der Waals surface area contributed by atoms with Crippen LogP contribution in [0, 0.1) is 12.7 Å². The van der Waals surface area contributed by atoms with Crippen molar-refractivity contribution >= 4 is 29.3 Å². The number of hydrogen-bond acceptors (Lipinski definition) is 5. The van der Waals surface area contributed by atoms with Gasteiger partial charge in [-0.15, -0.1) is 0 Å². The fourth-order valence-electron chi connectivity index (χ4n) is 3.73. The molecule has 6 nitrogen and oxygen atoms in total. The highest BCUT2D eigenvalue weighted by Crippen LogP contribution is 2.23. The minimum absolute atomic E-state index is 0.143. The second kappa shape index (κ2) is 7.91. The van der Waals surface area contributed by atoms with E-state index in [0.717, 1.165) is 24.6 Å². The SMILES string of the molecule is Cc1cc(N2CCCC2)nc(N2CCN(C(=O)c3ccc(F)cc3Cl)CC2)n1. The van der Waals surface area contributed by atoms with Gasteiger partial charge in [0.15, 0.2) is 0 Å². The quantitative estimate of drug-likeness (QED) is 0.788. The molecule has 0 saturated carbocycles. The summed E-state index contributed by atoms with van der Waals surface area (Å²) in [5.41, 5.74) is 1.28. The third kappa shape index (κ3) is 3.90. The molecule has 0 unspecified atom stereocenters. The van der Waals surface area contributed by atoms with Gasteiger partial charge in [-0.05, 0) is 38.0 Å². The van der Waals surface area contributed by atoms with Gasteiger partial charge in [0.05, 0.1) is 10.6 Å². The van der Waals surface area contributed by atoms with Crippen molar-refractivity contribution in [1.29, 1.82) is 0 Å². The molecule has 4 rings (SSSR count). The fourth-order valence-corrected chi connectivity index (χ4v) is 3.98. The van der Waals surface area contributed by atoms with Crippen LogP contribution >= 0.6 is 11.6 Å². The van der Waals surface area contributed by atoms with Gasteiger partial charge >= 0.3 is 0 Å². The first-order chi connectivity index (χ1) is 13.5. The predicted molar refractivity (Wildman–Crippen MR) is 108 cm³/mol. The first-order valence-electron chi connectivity index (χ1n) is 9.61. The molecule has 28 heavy (non-hydrogen) atoms. The van der Waals surface area contributed by atoms with Gasteiger partial charge < -0.3 is 14.7 Å². The second-order valence-corrected chi connectivity index (χ2v) is 7.67. The van der Waals surface area contributed by atoms with E-state index in [-0.39, 0.29) is 10.9 Å². The van der Waals surface area contributed by atoms with Gasteiger partial charge in [0, 0.05) is 51.0 Å². The van der Waals surface area contributed by atoms with Crippen LogP contribution in [-0.4, -0.2) is 60.0 Å². The summed E-state index contributed by atoms with van der Waals surface area (Å²) in [6.07, 6.45) is 2.40. The van der Waals surface area contributed by atoms with E-state index in [1.54, 1.807) is 4.90 Å². The van der Waals surface area contributed by atoms with E-state index in [0.29, 0.717) is 37.7 Å². The summed E-state index contributed by atoms with van der Waals surface area (Å²) in [4.78, 5) is 28.2. The molecule has 2 fully saturated rings. The summed E-state index contributed by atoms with van der Waals surface area (Å²) in [6.45, 7) is 6.45. The van der Waals surface area contributed by atoms with E-state index < -0.39 is 5.82 Å². The molecule has 2 aliphatic rings. The highest BCUT2D eigenvalue weighted by atomic mass is 35.5. The molecule has 2 saturated heterocycles. The largest absolute Gasteiger partial charge is 0.356 e. The first kappa shape index (κ1) is 18.9. The highest BCUT2D eigenvalue weighted by Gasteiger charge is 2.26. The van der Waals surface area contributed by atoms with Crippen molar-refractivity contribution in [1.82, 2.24) is 14.9 Å². The Balaban J connectivity index is 1.44. The molecular weight excluding hydrogens is 381 g/mol. The lowest BCUT2D eigenvalue weighted by atomic mass is 10.1. The van der Waals surface area contributed by atoms with Gasteiger partial charge in [0.2, 0.25) is 5.95 Å². The van der Waals surface area contributed by atoms with Crippen LogP contribution in [0.3, 0.4) is 0 Å². The normalized spacial score (nSPS) is 17.3. The van der Waals surface area contributed by atoms with Crippen molar-refractivity contribution < 1.29 is 9.18 Å². The summed E-state index contributed by atoms with van der Waals surface area (Å²) in [6, 6.07) is 5.91. The Morgan fingerprint density at radius 2 is 1.71 bits per heavy atom. The predicted octanol–water partition coefficient (Wildman–Crippen LogP) is 3.14. The Labute approximate surface area is 168 Å². The van der Waals surface area contributed by atoms with Crippen molar-refractivity contribution in [3.63, 3.8) is 0 Å². The van der Waals surface area contributed by atoms with Gasteiger partial charge in [0.1, 0.15) is 11.6 Å². The number of benzene rings is 1. The summed E-state index contributed by atoms with van der Waals surface area (Å²) >= 11 is 6.04. The van der Waals surface area contributed by atoms with E-state index in [2.05, 4.69) is 14.8 Å². The number of amides is 1. The number of carbonyl (C=O) groups excluding carboxylic acids is 1. The maximum absolute atomic E-state index is 13.2. The Morgan fingerprint density at radius 1 is 1.00 bits per heavy atom. The number of aryl methyl sites for hydroxylation is 1. The third-order valence-corrected chi connectivity index (χ3v) is 5.58. The van der Waals surface area contributed by atoms with E-state index >= 15 is 0 Å². The van der Waals surface area contributed by atoms with Crippen LogP contribution in [0.25, 0.3) is 0 Å². The summed E-state index contributed by atoms with van der Waals surface area (Å²) in [7, 11) is 0. The van der Waals surface area contributed by atoms with Crippen LogP contribution in [0.4, 0.5) is 16.2 Å². The van der Waals surface area contributed by atoms with Gasteiger partial charge in [-0.1, -0.05) is 11.6 Å². The molecule has 1 aromatic heterocycles. The van der Waals surface area contributed by atoms with Crippen LogP contribution in [0.5, 0.6) is 0 Å². The number of aromatic nitrogens is 2. The van der Waals surface area contributed by atoms with Gasteiger partial charge in [-0.2, -0.15) is 4.98 Å².